The van der Waals surface area contributed by atoms with Gasteiger partial charge in [-0.15, -0.1) is 0 Å². The van der Waals surface area contributed by atoms with Crippen molar-refractivity contribution in [3.63, 3.8) is 0 Å². The molecular formula is C20H19N3O2. The molecule has 25 heavy (non-hydrogen) atoms. The molecule has 1 amide bonds. The van der Waals surface area contributed by atoms with Crippen LogP contribution in [0.25, 0.3) is 0 Å². The second-order valence-corrected chi connectivity index (χ2v) is 5.61. The van der Waals surface area contributed by atoms with Crippen molar-refractivity contribution in [1.29, 1.82) is 0 Å². The third-order valence-corrected chi connectivity index (χ3v) is 3.70. The summed E-state index contributed by atoms with van der Waals surface area (Å²) in [4.78, 5) is 16.5. The summed E-state index contributed by atoms with van der Waals surface area (Å²) in [5, 5.41) is 6.04. The van der Waals surface area contributed by atoms with Crippen LogP contribution < -0.4 is 15.4 Å². The molecule has 0 atom stereocenters. The van der Waals surface area contributed by atoms with Gasteiger partial charge in [0.25, 0.3) is 5.91 Å². The molecule has 5 heteroatoms. The monoisotopic (exact) mass is 333 g/mol. The first-order valence-corrected chi connectivity index (χ1v) is 7.89. The van der Waals surface area contributed by atoms with Gasteiger partial charge in [0, 0.05) is 11.3 Å². The first kappa shape index (κ1) is 16.5. The standard InChI is InChI=1S/C20H19N3O2/c1-14-3-7-16(8-4-14)22-17-9-12-19(21-13-17)23-20(24)15-5-10-18(25-2)11-6-15/h3-13,22H,1-2H3,(H,21,23,24). The van der Waals surface area contributed by atoms with E-state index < -0.39 is 0 Å². The molecule has 0 spiro atoms. The molecule has 126 valence electrons. The van der Waals surface area contributed by atoms with E-state index in [1.165, 1.54) is 5.56 Å². The number of amides is 1. The van der Waals surface area contributed by atoms with Crippen molar-refractivity contribution in [3.8, 4) is 5.75 Å². The van der Waals surface area contributed by atoms with Crippen LogP contribution in [0.3, 0.4) is 0 Å². The Balaban J connectivity index is 1.63. The summed E-state index contributed by atoms with van der Waals surface area (Å²) in [6, 6.07) is 18.6. The van der Waals surface area contributed by atoms with Gasteiger partial charge < -0.3 is 15.4 Å². The fraction of sp³-hybridized carbons (Fsp3) is 0.100. The van der Waals surface area contributed by atoms with Gasteiger partial charge in [-0.3, -0.25) is 4.79 Å². The van der Waals surface area contributed by atoms with Gasteiger partial charge in [0.05, 0.1) is 19.0 Å². The van der Waals surface area contributed by atoms with E-state index >= 15 is 0 Å². The number of carbonyl (C=O) groups is 1. The van der Waals surface area contributed by atoms with Crippen LogP contribution in [0.1, 0.15) is 15.9 Å². The average molecular weight is 333 g/mol. The number of hydrogen-bond acceptors (Lipinski definition) is 4. The fourth-order valence-electron chi connectivity index (χ4n) is 2.28. The molecule has 0 aliphatic carbocycles. The maximum atomic E-state index is 12.2. The Bertz CT molecular complexity index is 842. The molecule has 3 rings (SSSR count). The first-order chi connectivity index (χ1) is 12.1. The minimum atomic E-state index is -0.214. The van der Waals surface area contributed by atoms with Gasteiger partial charge in [-0.25, -0.2) is 4.98 Å². The summed E-state index contributed by atoms with van der Waals surface area (Å²) in [6.07, 6.45) is 1.68. The van der Waals surface area contributed by atoms with E-state index in [0.29, 0.717) is 17.1 Å². The number of benzene rings is 2. The van der Waals surface area contributed by atoms with E-state index in [0.717, 1.165) is 11.4 Å². The van der Waals surface area contributed by atoms with E-state index in [-0.39, 0.29) is 5.91 Å². The van der Waals surface area contributed by atoms with Gasteiger partial charge in [-0.05, 0) is 55.5 Å². The van der Waals surface area contributed by atoms with Crippen LogP contribution in [0.5, 0.6) is 5.75 Å². The van der Waals surface area contributed by atoms with Crippen molar-refractivity contribution < 1.29 is 9.53 Å². The maximum Gasteiger partial charge on any atom is 0.256 e. The lowest BCUT2D eigenvalue weighted by molar-refractivity contribution is 0.102. The van der Waals surface area contributed by atoms with Gasteiger partial charge >= 0.3 is 0 Å². The zero-order valence-electron chi connectivity index (χ0n) is 14.1. The summed E-state index contributed by atoms with van der Waals surface area (Å²) in [5.41, 5.74) is 3.60. The van der Waals surface area contributed by atoms with Crippen LogP contribution in [-0.2, 0) is 0 Å². The molecule has 0 aliphatic heterocycles. The summed E-state index contributed by atoms with van der Waals surface area (Å²) in [7, 11) is 1.59. The number of hydrogen-bond donors (Lipinski definition) is 2. The lowest BCUT2D eigenvalue weighted by Crippen LogP contribution is -2.12. The molecule has 0 saturated carbocycles. The molecule has 3 aromatic rings. The number of ether oxygens (including phenoxy) is 1. The Morgan fingerprint density at radius 1 is 0.920 bits per heavy atom. The smallest absolute Gasteiger partial charge is 0.256 e. The van der Waals surface area contributed by atoms with Crippen molar-refractivity contribution >= 4 is 23.1 Å². The molecule has 2 aromatic carbocycles. The largest absolute Gasteiger partial charge is 0.497 e. The molecule has 0 radical (unpaired) electrons. The van der Waals surface area contributed by atoms with Gasteiger partial charge in [0.15, 0.2) is 0 Å². The van der Waals surface area contributed by atoms with Crippen LogP contribution in [-0.4, -0.2) is 18.0 Å². The molecular weight excluding hydrogens is 314 g/mol. The molecule has 2 N–H and O–H groups in total. The normalized spacial score (nSPS) is 10.2. The highest BCUT2D eigenvalue weighted by molar-refractivity contribution is 6.03. The van der Waals surface area contributed by atoms with Crippen molar-refractivity contribution in [2.24, 2.45) is 0 Å². The molecule has 5 nitrogen and oxygen atoms in total. The minimum Gasteiger partial charge on any atom is -0.497 e. The van der Waals surface area contributed by atoms with E-state index in [1.54, 1.807) is 43.6 Å². The summed E-state index contributed by atoms with van der Waals surface area (Å²) < 4.78 is 5.08. The van der Waals surface area contributed by atoms with Gasteiger partial charge in [-0.2, -0.15) is 0 Å². The number of anilines is 3. The molecule has 1 aromatic heterocycles. The average Bonchev–Trinajstić information content (AvgIpc) is 2.65. The summed E-state index contributed by atoms with van der Waals surface area (Å²) in [5.74, 6) is 0.992. The van der Waals surface area contributed by atoms with Gasteiger partial charge in [0.2, 0.25) is 0 Å². The van der Waals surface area contributed by atoms with Crippen LogP contribution in [0.4, 0.5) is 17.2 Å². The summed E-state index contributed by atoms with van der Waals surface area (Å²) >= 11 is 0. The lowest BCUT2D eigenvalue weighted by atomic mass is 10.2. The van der Waals surface area contributed by atoms with Crippen molar-refractivity contribution in [2.75, 3.05) is 17.7 Å². The predicted octanol–water partition coefficient (Wildman–Crippen LogP) is 4.39. The first-order valence-electron chi connectivity index (χ1n) is 7.89. The topological polar surface area (TPSA) is 63.2 Å². The Morgan fingerprint density at radius 3 is 2.20 bits per heavy atom. The SMILES string of the molecule is COc1ccc(C(=O)Nc2ccc(Nc3ccc(C)cc3)cn2)cc1. The lowest BCUT2D eigenvalue weighted by Gasteiger charge is -2.08. The van der Waals surface area contributed by atoms with E-state index in [4.69, 9.17) is 4.74 Å². The van der Waals surface area contributed by atoms with Crippen LogP contribution >= 0.6 is 0 Å². The highest BCUT2D eigenvalue weighted by Gasteiger charge is 2.07. The molecule has 1 heterocycles. The molecule has 0 unspecified atom stereocenters. The number of nitrogens with zero attached hydrogens (tertiary/aromatic N) is 1. The van der Waals surface area contributed by atoms with Crippen molar-refractivity contribution in [1.82, 2.24) is 4.98 Å². The number of rotatable bonds is 5. The molecule has 0 fully saturated rings. The highest BCUT2D eigenvalue weighted by atomic mass is 16.5. The Hall–Kier alpha value is -3.34. The third-order valence-electron chi connectivity index (χ3n) is 3.70. The number of methoxy groups -OCH3 is 1. The van der Waals surface area contributed by atoms with E-state index in [1.807, 2.05) is 37.3 Å². The second-order valence-electron chi connectivity index (χ2n) is 5.61. The van der Waals surface area contributed by atoms with E-state index in [2.05, 4.69) is 15.6 Å². The number of pyridine rings is 1. The zero-order valence-corrected chi connectivity index (χ0v) is 14.1. The van der Waals surface area contributed by atoms with E-state index in [9.17, 15) is 4.79 Å². The minimum absolute atomic E-state index is 0.214. The number of aromatic nitrogens is 1. The maximum absolute atomic E-state index is 12.2. The van der Waals surface area contributed by atoms with Gasteiger partial charge in [0.1, 0.15) is 11.6 Å². The number of nitrogens with one attached hydrogen (secondary N) is 2. The number of aryl methyl sites for hydroxylation is 1. The van der Waals surface area contributed by atoms with Gasteiger partial charge in [-0.1, -0.05) is 17.7 Å². The molecule has 0 bridgehead atoms. The Morgan fingerprint density at radius 2 is 1.60 bits per heavy atom. The second kappa shape index (κ2) is 7.49. The summed E-state index contributed by atoms with van der Waals surface area (Å²) in [6.45, 7) is 2.05. The van der Waals surface area contributed by atoms with Crippen LogP contribution in [0.2, 0.25) is 0 Å². The quantitative estimate of drug-likeness (QED) is 0.727. The number of carbonyl (C=O) groups excluding carboxylic acids is 1. The predicted molar refractivity (Wildman–Crippen MR) is 99.6 cm³/mol. The van der Waals surface area contributed by atoms with Crippen LogP contribution in [0.15, 0.2) is 66.9 Å². The Labute approximate surface area is 146 Å². The zero-order chi connectivity index (χ0) is 17.6. The molecule has 0 aliphatic rings. The highest BCUT2D eigenvalue weighted by Crippen LogP contribution is 2.18. The third kappa shape index (κ3) is 4.35. The van der Waals surface area contributed by atoms with Crippen molar-refractivity contribution in [3.05, 3.63) is 78.0 Å². The van der Waals surface area contributed by atoms with Crippen LogP contribution in [0, 0.1) is 6.92 Å². The fourth-order valence-corrected chi connectivity index (χ4v) is 2.28. The Kier molecular flexibility index (Phi) is 4.95. The van der Waals surface area contributed by atoms with Crippen molar-refractivity contribution in [2.45, 2.75) is 6.92 Å². The molecule has 0 saturated heterocycles.